The fraction of sp³-hybridized carbons (Fsp3) is 0.333. The van der Waals surface area contributed by atoms with Crippen LogP contribution in [-0.2, 0) is 9.59 Å². The van der Waals surface area contributed by atoms with Crippen LogP contribution in [0.25, 0.3) is 0 Å². The van der Waals surface area contributed by atoms with Crippen LogP contribution in [-0.4, -0.2) is 29.6 Å². The molecule has 0 bridgehead atoms. The van der Waals surface area contributed by atoms with Crippen molar-refractivity contribution in [3.8, 4) is 5.75 Å². The molecule has 2 N–H and O–H groups in total. The summed E-state index contributed by atoms with van der Waals surface area (Å²) in [5, 5.41) is 11.3. The Bertz CT molecular complexity index is 461. The largest absolute Gasteiger partial charge is 0.481 e. The second-order valence-corrected chi connectivity index (χ2v) is 4.19. The number of benzene rings is 1. The summed E-state index contributed by atoms with van der Waals surface area (Å²) >= 11 is 5.86. The van der Waals surface area contributed by atoms with Crippen molar-refractivity contribution in [2.45, 2.75) is 20.0 Å². The quantitative estimate of drug-likeness (QED) is 0.853. The van der Waals surface area contributed by atoms with E-state index in [0.29, 0.717) is 10.8 Å². The number of amides is 1. The lowest BCUT2D eigenvalue weighted by Gasteiger charge is -2.14. The number of ether oxygens (including phenoxy) is 1. The number of rotatable bonds is 5. The second kappa shape index (κ2) is 6.26. The maximum atomic E-state index is 11.5. The normalized spacial score (nSPS) is 11.7. The Hall–Kier alpha value is -1.75. The van der Waals surface area contributed by atoms with Crippen LogP contribution in [0.15, 0.2) is 18.2 Å². The lowest BCUT2D eigenvalue weighted by Crippen LogP contribution is -2.39. The van der Waals surface area contributed by atoms with Crippen LogP contribution in [0.2, 0.25) is 5.02 Å². The van der Waals surface area contributed by atoms with Gasteiger partial charge < -0.3 is 15.2 Å². The Kier molecular flexibility index (Phi) is 4.97. The molecule has 5 nitrogen and oxygen atoms in total. The van der Waals surface area contributed by atoms with Gasteiger partial charge in [-0.25, -0.2) is 0 Å². The number of hydrogen-bond donors (Lipinski definition) is 2. The van der Waals surface area contributed by atoms with Gasteiger partial charge in [-0.3, -0.25) is 9.59 Å². The molecule has 0 fully saturated rings. The third-order valence-electron chi connectivity index (χ3n) is 2.23. The van der Waals surface area contributed by atoms with Crippen molar-refractivity contribution >= 4 is 23.5 Å². The first kappa shape index (κ1) is 14.3. The van der Waals surface area contributed by atoms with Crippen molar-refractivity contribution < 1.29 is 19.4 Å². The van der Waals surface area contributed by atoms with Gasteiger partial charge in [-0.2, -0.15) is 0 Å². The lowest BCUT2D eigenvalue weighted by atomic mass is 10.2. The van der Waals surface area contributed by atoms with Crippen molar-refractivity contribution in [1.82, 2.24) is 5.32 Å². The lowest BCUT2D eigenvalue weighted by molar-refractivity contribution is -0.139. The van der Waals surface area contributed by atoms with E-state index in [9.17, 15) is 9.59 Å². The molecule has 1 aromatic rings. The first-order chi connectivity index (χ1) is 8.40. The van der Waals surface area contributed by atoms with Crippen LogP contribution in [0, 0.1) is 6.92 Å². The summed E-state index contributed by atoms with van der Waals surface area (Å²) < 4.78 is 5.38. The molecule has 0 aliphatic heterocycles. The minimum Gasteiger partial charge on any atom is -0.481 e. The van der Waals surface area contributed by atoms with Crippen molar-refractivity contribution in [2.75, 3.05) is 6.54 Å². The molecule has 1 aromatic carbocycles. The van der Waals surface area contributed by atoms with Gasteiger partial charge in [0.05, 0.1) is 0 Å². The van der Waals surface area contributed by atoms with Gasteiger partial charge in [0.25, 0.3) is 5.91 Å². The van der Waals surface area contributed by atoms with E-state index in [1.165, 1.54) is 0 Å². The summed E-state index contributed by atoms with van der Waals surface area (Å²) in [6, 6.07) is 5.04. The molecule has 1 amide bonds. The van der Waals surface area contributed by atoms with Crippen LogP contribution in [0.5, 0.6) is 5.75 Å². The number of hydrogen-bond acceptors (Lipinski definition) is 3. The molecular formula is C12H14ClNO4. The monoisotopic (exact) mass is 271 g/mol. The van der Waals surface area contributed by atoms with Gasteiger partial charge in [0.2, 0.25) is 0 Å². The van der Waals surface area contributed by atoms with E-state index in [4.69, 9.17) is 21.4 Å². The van der Waals surface area contributed by atoms with E-state index in [0.717, 1.165) is 5.56 Å². The maximum Gasteiger partial charge on any atom is 0.322 e. The summed E-state index contributed by atoms with van der Waals surface area (Å²) in [5.41, 5.74) is 0.840. The molecule has 0 saturated carbocycles. The molecule has 0 spiro atoms. The molecule has 98 valence electrons. The van der Waals surface area contributed by atoms with Gasteiger partial charge in [0.1, 0.15) is 12.3 Å². The highest BCUT2D eigenvalue weighted by Crippen LogP contribution is 2.21. The number of nitrogens with one attached hydrogen (secondary N) is 1. The zero-order chi connectivity index (χ0) is 13.7. The van der Waals surface area contributed by atoms with Crippen LogP contribution in [0.3, 0.4) is 0 Å². The van der Waals surface area contributed by atoms with Crippen LogP contribution in [0.1, 0.15) is 12.5 Å². The number of carboxylic acids is 1. The predicted molar refractivity (Wildman–Crippen MR) is 66.9 cm³/mol. The highest BCUT2D eigenvalue weighted by Gasteiger charge is 2.15. The van der Waals surface area contributed by atoms with Crippen LogP contribution < -0.4 is 10.1 Å². The molecular weight excluding hydrogens is 258 g/mol. The first-order valence-electron chi connectivity index (χ1n) is 5.32. The molecule has 0 aliphatic carbocycles. The average Bonchev–Trinajstić information content (AvgIpc) is 2.30. The maximum absolute atomic E-state index is 11.5. The second-order valence-electron chi connectivity index (χ2n) is 3.78. The van der Waals surface area contributed by atoms with Gasteiger partial charge in [0, 0.05) is 5.02 Å². The van der Waals surface area contributed by atoms with Crippen molar-refractivity contribution in [1.29, 1.82) is 0 Å². The number of carbonyl (C=O) groups excluding carboxylic acids is 1. The number of carboxylic acid groups (broad SMARTS) is 1. The van der Waals surface area contributed by atoms with Gasteiger partial charge >= 0.3 is 5.97 Å². The highest BCUT2D eigenvalue weighted by atomic mass is 35.5. The van der Waals surface area contributed by atoms with E-state index < -0.39 is 24.5 Å². The van der Waals surface area contributed by atoms with E-state index in [-0.39, 0.29) is 0 Å². The molecule has 1 unspecified atom stereocenters. The van der Waals surface area contributed by atoms with Crippen LogP contribution >= 0.6 is 11.6 Å². The third kappa shape index (κ3) is 4.25. The van der Waals surface area contributed by atoms with Gasteiger partial charge in [-0.1, -0.05) is 11.6 Å². The van der Waals surface area contributed by atoms with E-state index in [2.05, 4.69) is 5.32 Å². The Morgan fingerprint density at radius 2 is 2.17 bits per heavy atom. The number of aliphatic carboxylic acids is 1. The Balaban J connectivity index is 2.58. The minimum atomic E-state index is -1.10. The Labute approximate surface area is 110 Å². The molecule has 1 atom stereocenters. The summed E-state index contributed by atoms with van der Waals surface area (Å²) in [6.45, 7) is 2.94. The molecule has 0 radical (unpaired) electrons. The van der Waals surface area contributed by atoms with Crippen LogP contribution in [0.4, 0.5) is 0 Å². The summed E-state index contributed by atoms with van der Waals surface area (Å²) in [7, 11) is 0. The molecule has 0 saturated heterocycles. The van der Waals surface area contributed by atoms with Crippen molar-refractivity contribution in [3.63, 3.8) is 0 Å². The number of halogens is 1. The fourth-order valence-electron chi connectivity index (χ4n) is 1.25. The summed E-state index contributed by atoms with van der Waals surface area (Å²) in [5.74, 6) is -1.07. The molecule has 0 heterocycles. The summed E-state index contributed by atoms with van der Waals surface area (Å²) in [6.07, 6.45) is -0.773. The molecule has 18 heavy (non-hydrogen) atoms. The van der Waals surface area contributed by atoms with E-state index in [1.54, 1.807) is 25.1 Å². The predicted octanol–water partition coefficient (Wildman–Crippen LogP) is 1.62. The number of carbonyl (C=O) groups is 2. The molecule has 0 aromatic heterocycles. The summed E-state index contributed by atoms with van der Waals surface area (Å²) in [4.78, 5) is 21.8. The van der Waals surface area contributed by atoms with E-state index in [1.807, 2.05) is 6.92 Å². The minimum absolute atomic E-state index is 0.424. The number of aryl methyl sites for hydroxylation is 1. The standard InChI is InChI=1S/C12H14ClNO4/c1-7-5-9(3-4-10(7)13)18-8(2)12(17)14-6-11(15)16/h3-5,8H,6H2,1-2H3,(H,14,17)(H,15,16). The topological polar surface area (TPSA) is 75.6 Å². The van der Waals surface area contributed by atoms with Crippen molar-refractivity contribution in [2.24, 2.45) is 0 Å². The zero-order valence-corrected chi connectivity index (χ0v) is 10.8. The van der Waals surface area contributed by atoms with E-state index >= 15 is 0 Å². The fourth-order valence-corrected chi connectivity index (χ4v) is 1.37. The average molecular weight is 272 g/mol. The third-order valence-corrected chi connectivity index (χ3v) is 2.65. The van der Waals surface area contributed by atoms with Gasteiger partial charge in [0.15, 0.2) is 6.10 Å². The van der Waals surface area contributed by atoms with Gasteiger partial charge in [-0.05, 0) is 37.6 Å². The smallest absolute Gasteiger partial charge is 0.322 e. The SMILES string of the molecule is Cc1cc(OC(C)C(=O)NCC(=O)O)ccc1Cl. The molecule has 6 heteroatoms. The van der Waals surface area contributed by atoms with Gasteiger partial charge in [-0.15, -0.1) is 0 Å². The molecule has 0 aliphatic rings. The van der Waals surface area contributed by atoms with Crippen molar-refractivity contribution in [3.05, 3.63) is 28.8 Å². The molecule has 1 rings (SSSR count). The Morgan fingerprint density at radius 1 is 1.50 bits per heavy atom. The Morgan fingerprint density at radius 3 is 2.72 bits per heavy atom. The first-order valence-corrected chi connectivity index (χ1v) is 5.70. The highest BCUT2D eigenvalue weighted by molar-refractivity contribution is 6.31. The zero-order valence-electron chi connectivity index (χ0n) is 10.1.